The van der Waals surface area contributed by atoms with Gasteiger partial charge in [0.15, 0.2) is 6.10 Å². The van der Waals surface area contributed by atoms with Crippen LogP contribution in [0, 0.1) is 5.82 Å². The van der Waals surface area contributed by atoms with Crippen molar-refractivity contribution in [2.24, 2.45) is 0 Å². The summed E-state index contributed by atoms with van der Waals surface area (Å²) in [4.78, 5) is 12.1. The van der Waals surface area contributed by atoms with E-state index in [9.17, 15) is 9.18 Å². The van der Waals surface area contributed by atoms with E-state index in [-0.39, 0.29) is 17.8 Å². The number of halogens is 1. The van der Waals surface area contributed by atoms with Crippen LogP contribution in [0.3, 0.4) is 0 Å². The first-order chi connectivity index (χ1) is 9.54. The zero-order chi connectivity index (χ0) is 14.5. The normalized spacial score (nSPS) is 23.9. The molecule has 3 unspecified atom stereocenters. The predicted molar refractivity (Wildman–Crippen MR) is 75.1 cm³/mol. The monoisotopic (exact) mass is 280 g/mol. The average Bonchev–Trinajstić information content (AvgIpc) is 2.38. The molecule has 1 saturated heterocycles. The van der Waals surface area contributed by atoms with Gasteiger partial charge in [-0.1, -0.05) is 6.07 Å². The summed E-state index contributed by atoms with van der Waals surface area (Å²) in [6, 6.07) is 6.40. The quantitative estimate of drug-likeness (QED) is 0.885. The second kappa shape index (κ2) is 6.70. The average molecular weight is 280 g/mol. The van der Waals surface area contributed by atoms with E-state index >= 15 is 0 Å². The molecule has 20 heavy (non-hydrogen) atoms. The fourth-order valence-corrected chi connectivity index (χ4v) is 2.38. The molecule has 5 heteroatoms. The van der Waals surface area contributed by atoms with Crippen molar-refractivity contribution in [2.75, 3.05) is 6.54 Å². The van der Waals surface area contributed by atoms with Gasteiger partial charge in [0.05, 0.1) is 0 Å². The summed E-state index contributed by atoms with van der Waals surface area (Å²) in [6.45, 7) is 4.68. The molecular formula is C15H21FN2O2. The molecule has 1 aliphatic rings. The van der Waals surface area contributed by atoms with Crippen LogP contribution in [0.5, 0.6) is 5.75 Å². The summed E-state index contributed by atoms with van der Waals surface area (Å²) in [5, 5.41) is 6.32. The van der Waals surface area contributed by atoms with Crippen LogP contribution in [0.1, 0.15) is 26.7 Å². The van der Waals surface area contributed by atoms with Crippen LogP contribution < -0.4 is 15.4 Å². The Morgan fingerprint density at radius 3 is 3.05 bits per heavy atom. The SMILES string of the molecule is CC1CC(NC(=O)C(C)Oc2cccc(F)c2)CCN1. The van der Waals surface area contributed by atoms with E-state index in [1.807, 2.05) is 0 Å². The van der Waals surface area contributed by atoms with Gasteiger partial charge in [-0.15, -0.1) is 0 Å². The van der Waals surface area contributed by atoms with Gasteiger partial charge in [0, 0.05) is 18.2 Å². The number of hydrogen-bond acceptors (Lipinski definition) is 3. The van der Waals surface area contributed by atoms with E-state index in [1.54, 1.807) is 19.1 Å². The van der Waals surface area contributed by atoms with Crippen molar-refractivity contribution in [3.05, 3.63) is 30.1 Å². The van der Waals surface area contributed by atoms with Crippen LogP contribution in [0.25, 0.3) is 0 Å². The molecule has 0 spiro atoms. The number of rotatable bonds is 4. The number of piperidine rings is 1. The summed E-state index contributed by atoms with van der Waals surface area (Å²) in [5.74, 6) is -0.165. The lowest BCUT2D eigenvalue weighted by Gasteiger charge is -2.29. The molecular weight excluding hydrogens is 259 g/mol. The fraction of sp³-hybridized carbons (Fsp3) is 0.533. The second-order valence-corrected chi connectivity index (χ2v) is 5.30. The number of benzene rings is 1. The number of hydrogen-bond donors (Lipinski definition) is 2. The van der Waals surface area contributed by atoms with E-state index in [1.165, 1.54) is 12.1 Å². The first kappa shape index (κ1) is 14.8. The van der Waals surface area contributed by atoms with Crippen molar-refractivity contribution in [2.45, 2.75) is 44.9 Å². The third-order valence-electron chi connectivity index (χ3n) is 3.45. The van der Waals surface area contributed by atoms with Crippen molar-refractivity contribution >= 4 is 5.91 Å². The molecule has 1 heterocycles. The molecule has 0 aromatic heterocycles. The highest BCUT2D eigenvalue weighted by atomic mass is 19.1. The van der Waals surface area contributed by atoms with Gasteiger partial charge in [0.1, 0.15) is 11.6 Å². The van der Waals surface area contributed by atoms with Gasteiger partial charge in [-0.2, -0.15) is 0 Å². The smallest absolute Gasteiger partial charge is 0.260 e. The summed E-state index contributed by atoms with van der Waals surface area (Å²) in [6.07, 6.45) is 1.20. The van der Waals surface area contributed by atoms with Gasteiger partial charge in [0.25, 0.3) is 5.91 Å². The molecule has 0 aliphatic carbocycles. The van der Waals surface area contributed by atoms with Crippen molar-refractivity contribution in [3.63, 3.8) is 0 Å². The van der Waals surface area contributed by atoms with Gasteiger partial charge < -0.3 is 15.4 Å². The maximum atomic E-state index is 13.0. The number of amides is 1. The Morgan fingerprint density at radius 2 is 2.35 bits per heavy atom. The molecule has 2 N–H and O–H groups in total. The largest absolute Gasteiger partial charge is 0.481 e. The minimum atomic E-state index is -0.637. The molecule has 1 aromatic rings. The van der Waals surface area contributed by atoms with Gasteiger partial charge in [-0.05, 0) is 45.4 Å². The van der Waals surface area contributed by atoms with Gasteiger partial charge in [-0.3, -0.25) is 4.79 Å². The standard InChI is InChI=1S/C15H21FN2O2/c1-10-8-13(6-7-17-10)18-15(19)11(2)20-14-5-3-4-12(16)9-14/h3-5,9-11,13,17H,6-8H2,1-2H3,(H,18,19). The van der Waals surface area contributed by atoms with Crippen molar-refractivity contribution < 1.29 is 13.9 Å². The maximum absolute atomic E-state index is 13.0. The van der Waals surface area contributed by atoms with Crippen LogP contribution >= 0.6 is 0 Å². The fourth-order valence-electron chi connectivity index (χ4n) is 2.38. The summed E-state index contributed by atoms with van der Waals surface area (Å²) in [7, 11) is 0. The number of nitrogens with one attached hydrogen (secondary N) is 2. The van der Waals surface area contributed by atoms with Gasteiger partial charge >= 0.3 is 0 Å². The summed E-state index contributed by atoms with van der Waals surface area (Å²) >= 11 is 0. The highest BCUT2D eigenvalue weighted by Crippen LogP contribution is 2.14. The molecule has 1 amide bonds. The second-order valence-electron chi connectivity index (χ2n) is 5.30. The Kier molecular flexibility index (Phi) is 4.95. The Balaban J connectivity index is 1.85. The lowest BCUT2D eigenvalue weighted by Crippen LogP contribution is -2.49. The maximum Gasteiger partial charge on any atom is 0.260 e. The van der Waals surface area contributed by atoms with E-state index in [2.05, 4.69) is 17.6 Å². The van der Waals surface area contributed by atoms with Crippen molar-refractivity contribution in [1.82, 2.24) is 10.6 Å². The number of carbonyl (C=O) groups excluding carboxylic acids is 1. The molecule has 1 aliphatic heterocycles. The van der Waals surface area contributed by atoms with Crippen LogP contribution in [0.15, 0.2) is 24.3 Å². The third-order valence-corrected chi connectivity index (χ3v) is 3.45. The Hall–Kier alpha value is -1.62. The van der Waals surface area contributed by atoms with Gasteiger partial charge in [0.2, 0.25) is 0 Å². The van der Waals surface area contributed by atoms with Crippen LogP contribution in [0.2, 0.25) is 0 Å². The van der Waals surface area contributed by atoms with E-state index in [4.69, 9.17) is 4.74 Å². The van der Waals surface area contributed by atoms with Crippen LogP contribution in [-0.4, -0.2) is 30.6 Å². The predicted octanol–water partition coefficient (Wildman–Crippen LogP) is 1.85. The highest BCUT2D eigenvalue weighted by Gasteiger charge is 2.23. The van der Waals surface area contributed by atoms with E-state index in [0.717, 1.165) is 19.4 Å². The minimum absolute atomic E-state index is 0.159. The number of ether oxygens (including phenoxy) is 1. The molecule has 2 rings (SSSR count). The first-order valence-corrected chi connectivity index (χ1v) is 7.00. The summed E-state index contributed by atoms with van der Waals surface area (Å²) in [5.41, 5.74) is 0. The molecule has 0 radical (unpaired) electrons. The highest BCUT2D eigenvalue weighted by molar-refractivity contribution is 5.81. The minimum Gasteiger partial charge on any atom is -0.481 e. The van der Waals surface area contributed by atoms with Crippen molar-refractivity contribution in [3.8, 4) is 5.75 Å². The molecule has 0 saturated carbocycles. The molecule has 1 fully saturated rings. The van der Waals surface area contributed by atoms with Crippen LogP contribution in [0.4, 0.5) is 4.39 Å². The Labute approximate surface area is 118 Å². The topological polar surface area (TPSA) is 50.4 Å². The summed E-state index contributed by atoms with van der Waals surface area (Å²) < 4.78 is 18.5. The van der Waals surface area contributed by atoms with E-state index < -0.39 is 6.10 Å². The Bertz CT molecular complexity index is 467. The van der Waals surface area contributed by atoms with Gasteiger partial charge in [-0.25, -0.2) is 4.39 Å². The molecule has 110 valence electrons. The molecule has 4 nitrogen and oxygen atoms in total. The Morgan fingerprint density at radius 1 is 1.55 bits per heavy atom. The van der Waals surface area contributed by atoms with E-state index in [0.29, 0.717) is 11.8 Å². The molecule has 0 bridgehead atoms. The number of carbonyl (C=O) groups is 1. The molecule has 3 atom stereocenters. The zero-order valence-electron chi connectivity index (χ0n) is 11.9. The molecule has 1 aromatic carbocycles. The van der Waals surface area contributed by atoms with Crippen molar-refractivity contribution in [1.29, 1.82) is 0 Å². The zero-order valence-corrected chi connectivity index (χ0v) is 11.9. The first-order valence-electron chi connectivity index (χ1n) is 7.00. The lowest BCUT2D eigenvalue weighted by molar-refractivity contribution is -0.128. The third kappa shape index (κ3) is 4.20. The lowest BCUT2D eigenvalue weighted by atomic mass is 10.0. The van der Waals surface area contributed by atoms with Crippen LogP contribution in [-0.2, 0) is 4.79 Å².